The molecule has 1 fully saturated rings. The van der Waals surface area contributed by atoms with Crippen molar-refractivity contribution in [2.24, 2.45) is 11.7 Å². The van der Waals surface area contributed by atoms with E-state index in [-0.39, 0.29) is 11.8 Å². The second-order valence-electron chi connectivity index (χ2n) is 4.79. The summed E-state index contributed by atoms with van der Waals surface area (Å²) in [4.78, 5) is 12.0. The Morgan fingerprint density at radius 2 is 2.30 bits per heavy atom. The zero-order valence-electron chi connectivity index (χ0n) is 11.5. The van der Waals surface area contributed by atoms with E-state index in [0.717, 1.165) is 30.6 Å². The minimum absolute atomic E-state index is 0.0222. The molecule has 0 saturated carbocycles. The molecule has 1 aliphatic rings. The lowest BCUT2D eigenvalue weighted by molar-refractivity contribution is -0.129. The lowest BCUT2D eigenvalue weighted by Gasteiger charge is -2.21. The largest absolute Gasteiger partial charge is 0.381 e. The second-order valence-corrected chi connectivity index (χ2v) is 4.79. The number of hydrogen-bond donors (Lipinski definition) is 2. The van der Waals surface area contributed by atoms with Gasteiger partial charge < -0.3 is 15.8 Å². The molecular formula is C16H20N2O2. The molecule has 4 heteroatoms. The monoisotopic (exact) mass is 272 g/mol. The highest BCUT2D eigenvalue weighted by Crippen LogP contribution is 2.14. The van der Waals surface area contributed by atoms with Crippen LogP contribution < -0.4 is 11.1 Å². The summed E-state index contributed by atoms with van der Waals surface area (Å²) >= 11 is 0. The summed E-state index contributed by atoms with van der Waals surface area (Å²) in [6, 6.07) is 7.78. The van der Waals surface area contributed by atoms with Gasteiger partial charge in [-0.2, -0.15) is 0 Å². The van der Waals surface area contributed by atoms with E-state index in [2.05, 4.69) is 17.2 Å². The van der Waals surface area contributed by atoms with Gasteiger partial charge in [-0.1, -0.05) is 30.0 Å². The van der Waals surface area contributed by atoms with Gasteiger partial charge in [0.1, 0.15) is 0 Å². The van der Waals surface area contributed by atoms with E-state index in [9.17, 15) is 4.79 Å². The van der Waals surface area contributed by atoms with Crippen LogP contribution in [0.4, 0.5) is 0 Å². The Morgan fingerprint density at radius 1 is 1.45 bits per heavy atom. The van der Waals surface area contributed by atoms with Crippen LogP contribution in [0.3, 0.4) is 0 Å². The molecule has 1 atom stereocenters. The molecule has 20 heavy (non-hydrogen) atoms. The van der Waals surface area contributed by atoms with Crippen molar-refractivity contribution >= 4 is 5.91 Å². The molecule has 0 aliphatic carbocycles. The van der Waals surface area contributed by atoms with E-state index in [1.54, 1.807) is 0 Å². The summed E-state index contributed by atoms with van der Waals surface area (Å²) in [6.07, 6.45) is 1.86. The molecule has 0 spiro atoms. The summed E-state index contributed by atoms with van der Waals surface area (Å²) in [5.74, 6) is 5.91. The molecule has 4 nitrogen and oxygen atoms in total. The van der Waals surface area contributed by atoms with Crippen molar-refractivity contribution < 1.29 is 9.53 Å². The number of carbonyl (C=O) groups is 1. The summed E-state index contributed by atoms with van der Waals surface area (Å²) in [5, 5.41) is 2.97. The van der Waals surface area contributed by atoms with E-state index in [4.69, 9.17) is 10.5 Å². The molecule has 1 aliphatic heterocycles. The minimum atomic E-state index is -0.0222. The number of hydrogen-bond acceptors (Lipinski definition) is 3. The number of benzene rings is 1. The lowest BCUT2D eigenvalue weighted by atomic mass is 10.0. The van der Waals surface area contributed by atoms with Crippen molar-refractivity contribution in [1.82, 2.24) is 5.32 Å². The number of nitrogens with two attached hydrogens (primary N) is 1. The fourth-order valence-electron chi connectivity index (χ4n) is 2.22. The molecule has 1 aromatic carbocycles. The van der Waals surface area contributed by atoms with Gasteiger partial charge in [-0.25, -0.2) is 0 Å². The van der Waals surface area contributed by atoms with Crippen molar-refractivity contribution in [1.29, 1.82) is 0 Å². The zero-order valence-corrected chi connectivity index (χ0v) is 11.5. The van der Waals surface area contributed by atoms with Crippen LogP contribution in [0.5, 0.6) is 0 Å². The average Bonchev–Trinajstić information content (AvgIpc) is 2.52. The fourth-order valence-corrected chi connectivity index (χ4v) is 2.22. The number of rotatable bonds is 3. The number of nitrogens with one attached hydrogen (secondary N) is 1. The normalized spacial score (nSPS) is 17.9. The van der Waals surface area contributed by atoms with Crippen LogP contribution in [0.15, 0.2) is 24.3 Å². The zero-order chi connectivity index (χ0) is 14.2. The number of ether oxygens (including phenoxy) is 1. The van der Waals surface area contributed by atoms with Crippen LogP contribution in [0.2, 0.25) is 0 Å². The van der Waals surface area contributed by atoms with Gasteiger partial charge in [-0.05, 0) is 24.5 Å². The summed E-state index contributed by atoms with van der Waals surface area (Å²) in [7, 11) is 0. The standard InChI is InChI=1S/C16H20N2O2/c17-9-3-7-13-5-1-2-6-14(13)11-18-16(19)15-8-4-10-20-12-15/h1-2,5-6,15H,4,8-12,17H2,(H,18,19). The first-order chi connectivity index (χ1) is 9.81. The molecule has 1 saturated heterocycles. The summed E-state index contributed by atoms with van der Waals surface area (Å²) in [6.45, 7) is 2.12. The highest BCUT2D eigenvalue weighted by molar-refractivity contribution is 5.78. The minimum Gasteiger partial charge on any atom is -0.381 e. The highest BCUT2D eigenvalue weighted by Gasteiger charge is 2.21. The van der Waals surface area contributed by atoms with Gasteiger partial charge >= 0.3 is 0 Å². The first kappa shape index (κ1) is 14.6. The second kappa shape index (κ2) is 7.68. The molecule has 1 amide bonds. The average molecular weight is 272 g/mol. The Bertz CT molecular complexity index is 511. The van der Waals surface area contributed by atoms with Crippen molar-refractivity contribution in [2.45, 2.75) is 19.4 Å². The van der Waals surface area contributed by atoms with Crippen molar-refractivity contribution in [3.63, 3.8) is 0 Å². The third-order valence-electron chi connectivity index (χ3n) is 3.33. The topological polar surface area (TPSA) is 64.3 Å². The fraction of sp³-hybridized carbons (Fsp3) is 0.438. The lowest BCUT2D eigenvalue weighted by Crippen LogP contribution is -2.35. The molecule has 1 heterocycles. The smallest absolute Gasteiger partial charge is 0.225 e. The van der Waals surface area contributed by atoms with E-state index in [1.807, 2.05) is 24.3 Å². The number of amides is 1. The van der Waals surface area contributed by atoms with Gasteiger partial charge in [0.25, 0.3) is 0 Å². The van der Waals surface area contributed by atoms with Gasteiger partial charge in [0.15, 0.2) is 0 Å². The third-order valence-corrected chi connectivity index (χ3v) is 3.33. The van der Waals surface area contributed by atoms with Crippen molar-refractivity contribution in [3.05, 3.63) is 35.4 Å². The molecule has 1 unspecified atom stereocenters. The van der Waals surface area contributed by atoms with Crippen LogP contribution in [0.1, 0.15) is 24.0 Å². The van der Waals surface area contributed by atoms with Crippen LogP contribution >= 0.6 is 0 Å². The molecule has 0 bridgehead atoms. The van der Waals surface area contributed by atoms with Crippen LogP contribution in [-0.2, 0) is 16.1 Å². The first-order valence-corrected chi connectivity index (χ1v) is 6.93. The van der Waals surface area contributed by atoms with E-state index in [1.165, 1.54) is 0 Å². The van der Waals surface area contributed by atoms with Crippen molar-refractivity contribution in [3.8, 4) is 11.8 Å². The van der Waals surface area contributed by atoms with Crippen molar-refractivity contribution in [2.75, 3.05) is 19.8 Å². The van der Waals surface area contributed by atoms with Gasteiger partial charge in [-0.15, -0.1) is 0 Å². The number of carbonyl (C=O) groups excluding carboxylic acids is 1. The highest BCUT2D eigenvalue weighted by atomic mass is 16.5. The van der Waals surface area contributed by atoms with E-state index in [0.29, 0.717) is 19.7 Å². The maximum Gasteiger partial charge on any atom is 0.225 e. The van der Waals surface area contributed by atoms with Gasteiger partial charge in [-0.3, -0.25) is 4.79 Å². The molecule has 1 aromatic rings. The molecule has 3 N–H and O–H groups in total. The van der Waals surface area contributed by atoms with Gasteiger partial charge in [0, 0.05) is 18.7 Å². The molecule has 0 aromatic heterocycles. The Hall–Kier alpha value is -1.83. The van der Waals surface area contributed by atoms with E-state index >= 15 is 0 Å². The van der Waals surface area contributed by atoms with E-state index < -0.39 is 0 Å². The Morgan fingerprint density at radius 3 is 3.05 bits per heavy atom. The summed E-state index contributed by atoms with van der Waals surface area (Å²) in [5.41, 5.74) is 7.32. The SMILES string of the molecule is NCC#Cc1ccccc1CNC(=O)C1CCCOC1. The predicted octanol–water partition coefficient (Wildman–Crippen LogP) is 1.04. The molecular weight excluding hydrogens is 252 g/mol. The van der Waals surface area contributed by atoms with Crippen LogP contribution in [0.25, 0.3) is 0 Å². The maximum absolute atomic E-state index is 12.0. The molecule has 106 valence electrons. The first-order valence-electron chi connectivity index (χ1n) is 6.93. The molecule has 0 radical (unpaired) electrons. The Labute approximate surface area is 119 Å². The predicted molar refractivity (Wildman–Crippen MR) is 77.8 cm³/mol. The Kier molecular flexibility index (Phi) is 5.60. The maximum atomic E-state index is 12.0. The van der Waals surface area contributed by atoms with Crippen LogP contribution in [-0.4, -0.2) is 25.7 Å². The van der Waals surface area contributed by atoms with Gasteiger partial charge in [0.2, 0.25) is 5.91 Å². The van der Waals surface area contributed by atoms with Crippen LogP contribution in [0, 0.1) is 17.8 Å². The quantitative estimate of drug-likeness (QED) is 0.808. The third kappa shape index (κ3) is 4.09. The molecule has 2 rings (SSSR count). The Balaban J connectivity index is 1.94. The van der Waals surface area contributed by atoms with Gasteiger partial charge in [0.05, 0.1) is 19.1 Å². The summed E-state index contributed by atoms with van der Waals surface area (Å²) < 4.78 is 5.34.